The zero-order valence-corrected chi connectivity index (χ0v) is 16.1. The molecule has 0 aromatic heterocycles. The summed E-state index contributed by atoms with van der Waals surface area (Å²) in [5.74, 6) is -1.22. The Balaban J connectivity index is 1.30. The molecular weight excluding hydrogens is 372 g/mol. The van der Waals surface area contributed by atoms with Crippen molar-refractivity contribution in [2.24, 2.45) is 5.92 Å². The SMILES string of the molecule is O=C1CCC(N2C(=O)c3ccc(CNC4CNC5CCCC54)cc3C2=O)C(=O)N1. The average Bonchev–Trinajstić information content (AvgIpc) is 3.37. The van der Waals surface area contributed by atoms with Gasteiger partial charge in [-0.15, -0.1) is 0 Å². The smallest absolute Gasteiger partial charge is 0.262 e. The second-order valence-electron chi connectivity index (χ2n) is 8.42. The lowest BCUT2D eigenvalue weighted by molar-refractivity contribution is -0.136. The lowest BCUT2D eigenvalue weighted by atomic mass is 9.99. The molecule has 3 aliphatic heterocycles. The van der Waals surface area contributed by atoms with E-state index in [-0.39, 0.29) is 18.7 Å². The van der Waals surface area contributed by atoms with E-state index in [9.17, 15) is 19.2 Å². The molecule has 3 N–H and O–H groups in total. The predicted molar refractivity (Wildman–Crippen MR) is 103 cm³/mol. The van der Waals surface area contributed by atoms with Gasteiger partial charge in [0.2, 0.25) is 11.8 Å². The van der Waals surface area contributed by atoms with E-state index < -0.39 is 23.8 Å². The molecule has 29 heavy (non-hydrogen) atoms. The molecule has 0 radical (unpaired) electrons. The van der Waals surface area contributed by atoms with Crippen LogP contribution in [-0.4, -0.2) is 53.2 Å². The number of benzene rings is 1. The maximum atomic E-state index is 12.9. The van der Waals surface area contributed by atoms with E-state index in [4.69, 9.17) is 0 Å². The summed E-state index contributed by atoms with van der Waals surface area (Å²) >= 11 is 0. The van der Waals surface area contributed by atoms with E-state index in [1.54, 1.807) is 12.1 Å². The van der Waals surface area contributed by atoms with Gasteiger partial charge in [0.15, 0.2) is 0 Å². The van der Waals surface area contributed by atoms with Gasteiger partial charge < -0.3 is 10.6 Å². The Morgan fingerprint density at radius 3 is 2.69 bits per heavy atom. The highest BCUT2D eigenvalue weighted by molar-refractivity contribution is 6.23. The number of carbonyl (C=O) groups excluding carboxylic acids is 4. The van der Waals surface area contributed by atoms with Gasteiger partial charge in [0.05, 0.1) is 11.1 Å². The number of carbonyl (C=O) groups is 4. The van der Waals surface area contributed by atoms with Crippen LogP contribution in [0.1, 0.15) is 58.4 Å². The van der Waals surface area contributed by atoms with Crippen molar-refractivity contribution in [2.75, 3.05) is 6.54 Å². The molecule has 2 saturated heterocycles. The number of rotatable bonds is 4. The number of fused-ring (bicyclic) bond motifs is 2. The lowest BCUT2D eigenvalue weighted by Crippen LogP contribution is -2.54. The maximum absolute atomic E-state index is 12.9. The number of nitrogens with zero attached hydrogens (tertiary/aromatic N) is 1. The highest BCUT2D eigenvalue weighted by Gasteiger charge is 2.44. The molecule has 3 heterocycles. The number of imide groups is 2. The van der Waals surface area contributed by atoms with Gasteiger partial charge in [-0.1, -0.05) is 12.5 Å². The highest BCUT2D eigenvalue weighted by atomic mass is 16.2. The Labute approximate surface area is 168 Å². The molecule has 4 aliphatic rings. The molecule has 152 valence electrons. The summed E-state index contributed by atoms with van der Waals surface area (Å²) in [6.07, 6.45) is 4.05. The van der Waals surface area contributed by atoms with E-state index in [2.05, 4.69) is 16.0 Å². The quantitative estimate of drug-likeness (QED) is 0.633. The van der Waals surface area contributed by atoms with Crippen LogP contribution in [0.5, 0.6) is 0 Å². The third kappa shape index (κ3) is 3.07. The van der Waals surface area contributed by atoms with Crippen molar-refractivity contribution in [1.29, 1.82) is 0 Å². The molecule has 4 unspecified atom stereocenters. The van der Waals surface area contributed by atoms with Crippen LogP contribution >= 0.6 is 0 Å². The van der Waals surface area contributed by atoms with Crippen LogP contribution in [0.4, 0.5) is 0 Å². The first-order valence-electron chi connectivity index (χ1n) is 10.3. The van der Waals surface area contributed by atoms with Crippen molar-refractivity contribution >= 4 is 23.6 Å². The van der Waals surface area contributed by atoms with E-state index in [0.29, 0.717) is 35.7 Å². The van der Waals surface area contributed by atoms with E-state index in [0.717, 1.165) is 17.0 Å². The van der Waals surface area contributed by atoms with Gasteiger partial charge >= 0.3 is 0 Å². The van der Waals surface area contributed by atoms with Crippen molar-refractivity contribution in [3.05, 3.63) is 34.9 Å². The van der Waals surface area contributed by atoms with E-state index in [1.165, 1.54) is 19.3 Å². The molecule has 1 aromatic carbocycles. The number of amides is 4. The van der Waals surface area contributed by atoms with Gasteiger partial charge in [-0.25, -0.2) is 0 Å². The first-order chi connectivity index (χ1) is 14.0. The minimum atomic E-state index is -0.925. The van der Waals surface area contributed by atoms with Crippen LogP contribution < -0.4 is 16.0 Å². The zero-order chi connectivity index (χ0) is 20.1. The van der Waals surface area contributed by atoms with Gasteiger partial charge in [0.1, 0.15) is 6.04 Å². The molecule has 0 bridgehead atoms. The number of piperidine rings is 1. The summed E-state index contributed by atoms with van der Waals surface area (Å²) in [6.45, 7) is 1.59. The molecule has 8 heteroatoms. The number of hydrogen-bond acceptors (Lipinski definition) is 6. The van der Waals surface area contributed by atoms with Gasteiger partial charge in [-0.05, 0) is 42.9 Å². The lowest BCUT2D eigenvalue weighted by Gasteiger charge is -2.27. The molecule has 0 spiro atoms. The van der Waals surface area contributed by atoms with Crippen molar-refractivity contribution < 1.29 is 19.2 Å². The van der Waals surface area contributed by atoms with Crippen molar-refractivity contribution in [3.8, 4) is 0 Å². The van der Waals surface area contributed by atoms with Crippen LogP contribution in [-0.2, 0) is 16.1 Å². The molecule has 3 fully saturated rings. The average molecular weight is 396 g/mol. The second-order valence-corrected chi connectivity index (χ2v) is 8.42. The Morgan fingerprint density at radius 2 is 1.86 bits per heavy atom. The molecular formula is C21H24N4O4. The Morgan fingerprint density at radius 1 is 1.03 bits per heavy atom. The predicted octanol–water partition coefficient (Wildman–Crippen LogP) is 0.318. The summed E-state index contributed by atoms with van der Waals surface area (Å²) in [7, 11) is 0. The van der Waals surface area contributed by atoms with Crippen LogP contribution in [0.15, 0.2) is 18.2 Å². The molecule has 8 nitrogen and oxygen atoms in total. The minimum Gasteiger partial charge on any atom is -0.312 e. The first kappa shape index (κ1) is 18.4. The topological polar surface area (TPSA) is 108 Å². The van der Waals surface area contributed by atoms with Gasteiger partial charge in [0, 0.05) is 31.6 Å². The monoisotopic (exact) mass is 396 g/mol. The number of nitrogens with one attached hydrogen (secondary N) is 3. The summed E-state index contributed by atoms with van der Waals surface area (Å²) in [5, 5.41) is 9.39. The second kappa shape index (κ2) is 7.03. The van der Waals surface area contributed by atoms with Crippen LogP contribution in [0.2, 0.25) is 0 Å². The summed E-state index contributed by atoms with van der Waals surface area (Å²) in [5.41, 5.74) is 1.60. The molecule has 1 aromatic rings. The standard InChI is InChI=1S/C21H24N4O4/c26-18-7-6-17(19(27)24-18)25-20(28)12-5-4-11(8-14(12)21(25)29)9-22-16-10-23-15-3-1-2-13(15)16/h4-5,8,13,15-17,22-23H,1-3,6-7,9-10H2,(H,24,26,27). The normalized spacial score (nSPS) is 31.2. The highest BCUT2D eigenvalue weighted by Crippen LogP contribution is 2.33. The maximum Gasteiger partial charge on any atom is 0.262 e. The van der Waals surface area contributed by atoms with Crippen molar-refractivity contribution in [1.82, 2.24) is 20.9 Å². The summed E-state index contributed by atoms with van der Waals surface area (Å²) in [6, 6.07) is 5.40. The summed E-state index contributed by atoms with van der Waals surface area (Å²) < 4.78 is 0. The molecule has 1 aliphatic carbocycles. The largest absolute Gasteiger partial charge is 0.312 e. The van der Waals surface area contributed by atoms with E-state index >= 15 is 0 Å². The fourth-order valence-corrected chi connectivity index (χ4v) is 5.25. The van der Waals surface area contributed by atoms with E-state index in [1.807, 2.05) is 6.07 Å². The minimum absolute atomic E-state index is 0.122. The number of hydrogen-bond donors (Lipinski definition) is 3. The van der Waals surface area contributed by atoms with Crippen molar-refractivity contribution in [2.45, 2.75) is 56.8 Å². The Kier molecular flexibility index (Phi) is 4.48. The summed E-state index contributed by atoms with van der Waals surface area (Å²) in [4.78, 5) is 50.2. The fraction of sp³-hybridized carbons (Fsp3) is 0.524. The molecule has 4 amide bonds. The van der Waals surface area contributed by atoms with Gasteiger partial charge in [-0.3, -0.25) is 29.4 Å². The van der Waals surface area contributed by atoms with Gasteiger partial charge in [0.25, 0.3) is 11.8 Å². The molecule has 4 atom stereocenters. The first-order valence-corrected chi connectivity index (χ1v) is 10.3. The third-order valence-corrected chi connectivity index (χ3v) is 6.76. The van der Waals surface area contributed by atoms with Crippen molar-refractivity contribution in [3.63, 3.8) is 0 Å². The molecule has 5 rings (SSSR count). The zero-order valence-electron chi connectivity index (χ0n) is 16.1. The fourth-order valence-electron chi connectivity index (χ4n) is 5.25. The van der Waals surface area contributed by atoms with Crippen LogP contribution in [0, 0.1) is 5.92 Å². The molecule has 1 saturated carbocycles. The van der Waals surface area contributed by atoms with Crippen LogP contribution in [0.3, 0.4) is 0 Å². The third-order valence-electron chi connectivity index (χ3n) is 6.76. The van der Waals surface area contributed by atoms with Gasteiger partial charge in [-0.2, -0.15) is 0 Å². The Hall–Kier alpha value is -2.58. The Bertz CT molecular complexity index is 914. The van der Waals surface area contributed by atoms with Crippen LogP contribution in [0.25, 0.3) is 0 Å².